The lowest BCUT2D eigenvalue weighted by molar-refractivity contribution is -0.384. The van der Waals surface area contributed by atoms with E-state index in [1.165, 1.54) is 6.07 Å². The minimum absolute atomic E-state index is 0.0841. The van der Waals surface area contributed by atoms with Gasteiger partial charge in [0, 0.05) is 13.1 Å². The van der Waals surface area contributed by atoms with E-state index in [1.807, 2.05) is 11.8 Å². The molecule has 0 bridgehead atoms. The van der Waals surface area contributed by atoms with Crippen LogP contribution in [0.4, 0.5) is 21.9 Å². The van der Waals surface area contributed by atoms with Gasteiger partial charge in [0.2, 0.25) is 0 Å². The Balaban J connectivity index is 2.24. The highest BCUT2D eigenvalue weighted by atomic mass is 16.6. The highest BCUT2D eigenvalue weighted by Crippen LogP contribution is 2.36. The summed E-state index contributed by atoms with van der Waals surface area (Å²) < 4.78 is 10.4. The zero-order chi connectivity index (χ0) is 18.1. The number of benzene rings is 1. The fraction of sp³-hybridized carbons (Fsp3) is 0.562. The fourth-order valence-electron chi connectivity index (χ4n) is 2.33. The third kappa shape index (κ3) is 3.94. The number of carbonyl (C=O) groups is 1. The number of carbonyl (C=O) groups excluding carboxylic acids is 1. The van der Waals surface area contributed by atoms with Crippen LogP contribution in [-0.4, -0.2) is 42.4 Å². The first-order chi connectivity index (χ1) is 11.0. The number of hydrogen-bond acceptors (Lipinski definition) is 6. The van der Waals surface area contributed by atoms with E-state index in [0.717, 1.165) is 0 Å². The van der Waals surface area contributed by atoms with Gasteiger partial charge in [-0.3, -0.25) is 15.4 Å². The number of nitrogens with one attached hydrogen (secondary N) is 1. The van der Waals surface area contributed by atoms with Gasteiger partial charge in [-0.25, -0.2) is 4.79 Å². The molecule has 8 heteroatoms. The number of hydrogen-bond donors (Lipinski definition) is 1. The van der Waals surface area contributed by atoms with Crippen LogP contribution in [0.2, 0.25) is 0 Å². The molecule has 1 aromatic carbocycles. The Kier molecular flexibility index (Phi) is 4.70. The van der Waals surface area contributed by atoms with Gasteiger partial charge < -0.3 is 14.4 Å². The molecular formula is C16H23N3O5. The lowest BCUT2D eigenvalue weighted by Crippen LogP contribution is -2.59. The quantitative estimate of drug-likeness (QED) is 0.670. The maximum absolute atomic E-state index is 11.8. The lowest BCUT2D eigenvalue weighted by Gasteiger charge is -2.46. The second-order valence-corrected chi connectivity index (χ2v) is 7.14. The van der Waals surface area contributed by atoms with Crippen molar-refractivity contribution in [2.75, 3.05) is 30.5 Å². The van der Waals surface area contributed by atoms with Gasteiger partial charge in [-0.05, 0) is 39.8 Å². The number of rotatable bonds is 4. The Morgan fingerprint density at radius 2 is 2.04 bits per heavy atom. The number of nitro groups is 1. The van der Waals surface area contributed by atoms with Gasteiger partial charge >= 0.3 is 6.09 Å². The molecule has 0 saturated carbocycles. The van der Waals surface area contributed by atoms with Gasteiger partial charge in [0.05, 0.1) is 29.4 Å². The van der Waals surface area contributed by atoms with E-state index >= 15 is 0 Å². The number of anilines is 2. The minimum Gasteiger partial charge on any atom is -0.444 e. The molecule has 0 radical (unpaired) electrons. The van der Waals surface area contributed by atoms with Gasteiger partial charge in [-0.1, -0.05) is 0 Å². The smallest absolute Gasteiger partial charge is 0.412 e. The standard InChI is InChI=1S/C16H23N3O5/c1-15(2,3)24-14(20)17-11-6-7-12(13(8-11)19(21)22)18(5)16(4)9-23-10-16/h6-8H,9-10H2,1-5H3,(H,17,20). The molecule has 1 aliphatic rings. The van der Waals surface area contributed by atoms with Crippen LogP contribution in [0.1, 0.15) is 27.7 Å². The molecule has 0 aliphatic carbocycles. The Morgan fingerprint density at radius 1 is 1.42 bits per heavy atom. The minimum atomic E-state index is -0.655. The van der Waals surface area contributed by atoms with E-state index in [2.05, 4.69) is 5.32 Å². The average Bonchev–Trinajstić information content (AvgIpc) is 2.41. The summed E-state index contributed by atoms with van der Waals surface area (Å²) in [4.78, 5) is 24.6. The van der Waals surface area contributed by atoms with Crippen molar-refractivity contribution in [1.29, 1.82) is 0 Å². The monoisotopic (exact) mass is 337 g/mol. The van der Waals surface area contributed by atoms with Crippen molar-refractivity contribution in [3.63, 3.8) is 0 Å². The molecule has 1 aromatic rings. The molecule has 2 rings (SSSR count). The van der Waals surface area contributed by atoms with Crippen molar-refractivity contribution in [2.45, 2.75) is 38.8 Å². The van der Waals surface area contributed by atoms with Crippen LogP contribution in [0.3, 0.4) is 0 Å². The van der Waals surface area contributed by atoms with Crippen LogP contribution in [-0.2, 0) is 9.47 Å². The van der Waals surface area contributed by atoms with Crippen LogP contribution in [0.5, 0.6) is 0 Å². The second kappa shape index (κ2) is 6.27. The van der Waals surface area contributed by atoms with Crippen molar-refractivity contribution >= 4 is 23.2 Å². The third-order valence-corrected chi connectivity index (χ3v) is 3.81. The first kappa shape index (κ1) is 18.0. The molecule has 0 unspecified atom stereocenters. The summed E-state index contributed by atoms with van der Waals surface area (Å²) >= 11 is 0. The zero-order valence-corrected chi connectivity index (χ0v) is 14.6. The zero-order valence-electron chi connectivity index (χ0n) is 14.6. The third-order valence-electron chi connectivity index (χ3n) is 3.81. The predicted octanol–water partition coefficient (Wildman–Crippen LogP) is 3.17. The topological polar surface area (TPSA) is 93.9 Å². The van der Waals surface area contributed by atoms with Crippen molar-refractivity contribution in [1.82, 2.24) is 0 Å². The number of nitro benzene ring substituents is 1. The van der Waals surface area contributed by atoms with Gasteiger partial charge in [-0.2, -0.15) is 0 Å². The summed E-state index contributed by atoms with van der Waals surface area (Å²) in [5.41, 5.74) is -0.220. The Morgan fingerprint density at radius 3 is 2.50 bits per heavy atom. The molecule has 132 valence electrons. The van der Waals surface area contributed by atoms with E-state index in [9.17, 15) is 14.9 Å². The van der Waals surface area contributed by atoms with Crippen LogP contribution in [0.25, 0.3) is 0 Å². The van der Waals surface area contributed by atoms with E-state index in [4.69, 9.17) is 9.47 Å². The molecule has 1 amide bonds. The summed E-state index contributed by atoms with van der Waals surface area (Å²) in [6.07, 6.45) is -0.655. The molecule has 0 atom stereocenters. The van der Waals surface area contributed by atoms with Gasteiger partial charge in [0.15, 0.2) is 0 Å². The van der Waals surface area contributed by atoms with Gasteiger partial charge in [0.1, 0.15) is 11.3 Å². The molecule has 1 aliphatic heterocycles. The van der Waals surface area contributed by atoms with E-state index in [1.54, 1.807) is 40.0 Å². The number of amides is 1. The molecule has 8 nitrogen and oxygen atoms in total. The fourth-order valence-corrected chi connectivity index (χ4v) is 2.33. The number of ether oxygens (including phenoxy) is 2. The molecule has 1 saturated heterocycles. The Hall–Kier alpha value is -2.35. The van der Waals surface area contributed by atoms with Crippen molar-refractivity contribution in [3.8, 4) is 0 Å². The summed E-state index contributed by atoms with van der Waals surface area (Å²) in [7, 11) is 1.80. The highest BCUT2D eigenvalue weighted by molar-refractivity contribution is 5.86. The van der Waals surface area contributed by atoms with Crippen molar-refractivity contribution in [2.24, 2.45) is 0 Å². The molecule has 1 heterocycles. The SMILES string of the molecule is CN(c1ccc(NC(=O)OC(C)(C)C)cc1[N+](=O)[O-])C1(C)COC1. The predicted molar refractivity (Wildman–Crippen MR) is 90.6 cm³/mol. The lowest BCUT2D eigenvalue weighted by atomic mass is 9.97. The number of likely N-dealkylation sites (N-methyl/N-ethyl adjacent to an activating group) is 1. The summed E-state index contributed by atoms with van der Waals surface area (Å²) in [6.45, 7) is 8.24. The second-order valence-electron chi connectivity index (χ2n) is 7.14. The molecule has 24 heavy (non-hydrogen) atoms. The van der Waals surface area contributed by atoms with Gasteiger partial charge in [0.25, 0.3) is 5.69 Å². The number of nitrogens with zero attached hydrogens (tertiary/aromatic N) is 2. The molecule has 1 fully saturated rings. The molecule has 0 spiro atoms. The Labute approximate surface area is 140 Å². The Bertz CT molecular complexity index is 650. The van der Waals surface area contributed by atoms with E-state index in [0.29, 0.717) is 24.6 Å². The first-order valence-electron chi connectivity index (χ1n) is 7.62. The normalized spacial score (nSPS) is 16.0. The highest BCUT2D eigenvalue weighted by Gasteiger charge is 2.39. The first-order valence-corrected chi connectivity index (χ1v) is 7.62. The van der Waals surface area contributed by atoms with Crippen molar-refractivity contribution in [3.05, 3.63) is 28.3 Å². The summed E-state index contributed by atoms with van der Waals surface area (Å²) in [5.74, 6) is 0. The summed E-state index contributed by atoms with van der Waals surface area (Å²) in [6, 6.07) is 4.57. The maximum Gasteiger partial charge on any atom is 0.412 e. The molecule has 0 aromatic heterocycles. The van der Waals surface area contributed by atoms with Crippen molar-refractivity contribution < 1.29 is 19.2 Å². The van der Waals surface area contributed by atoms with Crippen LogP contribution in [0, 0.1) is 10.1 Å². The molecule has 1 N–H and O–H groups in total. The van der Waals surface area contributed by atoms with E-state index < -0.39 is 16.6 Å². The molecular weight excluding hydrogens is 314 g/mol. The maximum atomic E-state index is 11.8. The largest absolute Gasteiger partial charge is 0.444 e. The van der Waals surface area contributed by atoms with Gasteiger partial charge in [-0.15, -0.1) is 0 Å². The van der Waals surface area contributed by atoms with Crippen LogP contribution in [0.15, 0.2) is 18.2 Å². The average molecular weight is 337 g/mol. The van der Waals surface area contributed by atoms with E-state index in [-0.39, 0.29) is 11.2 Å². The van der Waals surface area contributed by atoms with Crippen LogP contribution < -0.4 is 10.2 Å². The van der Waals surface area contributed by atoms with Crippen LogP contribution >= 0.6 is 0 Å². The summed E-state index contributed by atoms with van der Waals surface area (Å²) in [5, 5.41) is 13.9.